The van der Waals surface area contributed by atoms with Crippen LogP contribution in [0.4, 0.5) is 10.1 Å². The van der Waals surface area contributed by atoms with E-state index in [9.17, 15) is 18.8 Å². The van der Waals surface area contributed by atoms with Crippen molar-refractivity contribution in [3.8, 4) is 5.75 Å². The lowest BCUT2D eigenvalue weighted by atomic mass is 9.83. The maximum atomic E-state index is 13.6. The molecule has 0 heterocycles. The Labute approximate surface area is 184 Å². The molecule has 0 unspecified atom stereocenters. The number of nitrogens with zero attached hydrogens (tertiary/aromatic N) is 1. The minimum atomic E-state index is -0.442. The molecule has 1 N–H and O–H groups in total. The highest BCUT2D eigenvalue weighted by molar-refractivity contribution is 6.30. The molecule has 1 aliphatic rings. The van der Waals surface area contributed by atoms with Crippen molar-refractivity contribution in [2.75, 3.05) is 32.1 Å². The molecule has 0 spiro atoms. The van der Waals surface area contributed by atoms with Gasteiger partial charge in [-0.3, -0.25) is 19.3 Å². The van der Waals surface area contributed by atoms with Crippen molar-refractivity contribution in [3.63, 3.8) is 0 Å². The maximum Gasteiger partial charge on any atom is 0.238 e. The highest BCUT2D eigenvalue weighted by Gasteiger charge is 2.31. The molecular weight excluding hydrogens is 411 g/mol. The van der Waals surface area contributed by atoms with Gasteiger partial charge in [0.05, 0.1) is 17.8 Å². The number of likely N-dealkylation sites (N-methyl/N-ethyl adjacent to an activating group) is 1. The zero-order valence-corrected chi connectivity index (χ0v) is 17.4. The van der Waals surface area contributed by atoms with Gasteiger partial charge in [0.15, 0.2) is 23.1 Å². The van der Waals surface area contributed by atoms with E-state index in [0.29, 0.717) is 23.4 Å². The van der Waals surface area contributed by atoms with Crippen molar-refractivity contribution < 1.29 is 23.5 Å². The highest BCUT2D eigenvalue weighted by atomic mass is 19.1. The molecule has 0 aliphatic heterocycles. The van der Waals surface area contributed by atoms with Crippen LogP contribution >= 0.6 is 0 Å². The number of halogens is 1. The van der Waals surface area contributed by atoms with Crippen LogP contribution in [0.1, 0.15) is 31.8 Å². The minimum absolute atomic E-state index is 0.0308. The molecular formula is C25H21FN2O4. The zero-order chi connectivity index (χ0) is 22.7. The van der Waals surface area contributed by atoms with Crippen molar-refractivity contribution in [1.82, 2.24) is 4.90 Å². The summed E-state index contributed by atoms with van der Waals surface area (Å²) in [7, 11) is 1.73. The van der Waals surface area contributed by atoms with Gasteiger partial charge in [0, 0.05) is 23.2 Å². The first-order valence-corrected chi connectivity index (χ1v) is 10.1. The van der Waals surface area contributed by atoms with Crippen LogP contribution in [-0.4, -0.2) is 49.1 Å². The molecule has 6 nitrogen and oxygen atoms in total. The molecule has 4 rings (SSSR count). The van der Waals surface area contributed by atoms with E-state index in [-0.39, 0.29) is 47.5 Å². The van der Waals surface area contributed by atoms with Crippen LogP contribution in [0.5, 0.6) is 5.75 Å². The van der Waals surface area contributed by atoms with Crippen LogP contribution in [0.2, 0.25) is 0 Å². The van der Waals surface area contributed by atoms with Gasteiger partial charge in [-0.05, 0) is 25.2 Å². The van der Waals surface area contributed by atoms with Gasteiger partial charge in [-0.2, -0.15) is 0 Å². The van der Waals surface area contributed by atoms with Gasteiger partial charge in [-0.25, -0.2) is 4.39 Å². The molecule has 162 valence electrons. The number of amides is 1. The summed E-state index contributed by atoms with van der Waals surface area (Å²) in [6, 6.07) is 17.6. The average Bonchev–Trinajstić information content (AvgIpc) is 2.78. The van der Waals surface area contributed by atoms with E-state index >= 15 is 0 Å². The van der Waals surface area contributed by atoms with Gasteiger partial charge in [-0.1, -0.05) is 48.5 Å². The van der Waals surface area contributed by atoms with Gasteiger partial charge in [-0.15, -0.1) is 0 Å². The third kappa shape index (κ3) is 4.29. The number of para-hydroxylation sites is 1. The predicted octanol–water partition coefficient (Wildman–Crippen LogP) is 3.55. The number of fused-ring (bicyclic) bond motifs is 2. The Morgan fingerprint density at radius 1 is 0.906 bits per heavy atom. The van der Waals surface area contributed by atoms with E-state index in [1.165, 1.54) is 12.1 Å². The van der Waals surface area contributed by atoms with Crippen molar-refractivity contribution in [2.45, 2.75) is 0 Å². The minimum Gasteiger partial charge on any atom is -0.489 e. The van der Waals surface area contributed by atoms with Gasteiger partial charge < -0.3 is 10.1 Å². The number of ether oxygens (including phenoxy) is 1. The van der Waals surface area contributed by atoms with Gasteiger partial charge in [0.25, 0.3) is 0 Å². The standard InChI is InChI=1S/C25H21FN2O4/c1-28(13-14-32-21-12-5-4-10-19(21)26)15-22(29)27-20-11-6-9-18-23(20)25(31)17-8-3-2-7-16(17)24(18)30/h2-12H,13-15H2,1H3,(H,27,29). The summed E-state index contributed by atoms with van der Waals surface area (Å²) in [5.41, 5.74) is 1.47. The van der Waals surface area contributed by atoms with Crippen LogP contribution in [-0.2, 0) is 4.79 Å². The molecule has 1 aliphatic carbocycles. The summed E-state index contributed by atoms with van der Waals surface area (Å²) in [5, 5.41) is 2.75. The molecule has 32 heavy (non-hydrogen) atoms. The number of hydrogen-bond donors (Lipinski definition) is 1. The fourth-order valence-electron chi connectivity index (χ4n) is 3.64. The lowest BCUT2D eigenvalue weighted by Gasteiger charge is -2.21. The Morgan fingerprint density at radius 2 is 1.56 bits per heavy atom. The highest BCUT2D eigenvalue weighted by Crippen LogP contribution is 2.31. The topological polar surface area (TPSA) is 75.7 Å². The van der Waals surface area contributed by atoms with E-state index in [1.807, 2.05) is 0 Å². The van der Waals surface area contributed by atoms with Crippen molar-refractivity contribution in [3.05, 3.63) is 94.8 Å². The van der Waals surface area contributed by atoms with Crippen LogP contribution in [0.3, 0.4) is 0 Å². The maximum absolute atomic E-state index is 13.6. The third-order valence-corrected chi connectivity index (χ3v) is 5.21. The molecule has 0 radical (unpaired) electrons. The second-order valence-corrected chi connectivity index (χ2v) is 7.50. The molecule has 3 aromatic carbocycles. The van der Waals surface area contributed by atoms with Crippen LogP contribution in [0.25, 0.3) is 0 Å². The normalized spacial score (nSPS) is 12.3. The molecule has 0 aromatic heterocycles. The molecule has 0 bridgehead atoms. The first-order chi connectivity index (χ1) is 15.5. The Morgan fingerprint density at radius 3 is 2.31 bits per heavy atom. The number of carbonyl (C=O) groups excluding carboxylic acids is 3. The molecule has 7 heteroatoms. The lowest BCUT2D eigenvalue weighted by Crippen LogP contribution is -2.33. The Bertz CT molecular complexity index is 1210. The van der Waals surface area contributed by atoms with E-state index in [2.05, 4.69) is 5.32 Å². The Balaban J connectivity index is 1.40. The fraction of sp³-hybridized carbons (Fsp3) is 0.160. The van der Waals surface area contributed by atoms with Crippen LogP contribution in [0, 0.1) is 5.82 Å². The largest absolute Gasteiger partial charge is 0.489 e. The number of carbonyl (C=O) groups is 3. The second-order valence-electron chi connectivity index (χ2n) is 7.50. The van der Waals surface area contributed by atoms with Crippen molar-refractivity contribution >= 4 is 23.2 Å². The Kier molecular flexibility index (Phi) is 6.09. The molecule has 1 amide bonds. The number of ketones is 2. The molecule has 0 fully saturated rings. The van der Waals surface area contributed by atoms with Gasteiger partial charge >= 0.3 is 0 Å². The summed E-state index contributed by atoms with van der Waals surface area (Å²) in [5.74, 6) is -1.16. The van der Waals surface area contributed by atoms with Crippen molar-refractivity contribution in [1.29, 1.82) is 0 Å². The number of anilines is 1. The summed E-state index contributed by atoms with van der Waals surface area (Å²) < 4.78 is 19.0. The van der Waals surface area contributed by atoms with E-state index < -0.39 is 5.82 Å². The smallest absolute Gasteiger partial charge is 0.238 e. The van der Waals surface area contributed by atoms with Crippen molar-refractivity contribution in [2.24, 2.45) is 0 Å². The van der Waals surface area contributed by atoms with Gasteiger partial charge in [0.1, 0.15) is 6.61 Å². The van der Waals surface area contributed by atoms with E-state index in [1.54, 1.807) is 66.5 Å². The number of benzene rings is 3. The van der Waals surface area contributed by atoms with Crippen LogP contribution < -0.4 is 10.1 Å². The zero-order valence-electron chi connectivity index (χ0n) is 17.4. The SMILES string of the molecule is CN(CCOc1ccccc1F)CC(=O)Nc1cccc2c1C(=O)c1ccccc1C2=O. The predicted molar refractivity (Wildman–Crippen MR) is 118 cm³/mol. The third-order valence-electron chi connectivity index (χ3n) is 5.21. The molecule has 0 saturated heterocycles. The number of nitrogens with one attached hydrogen (secondary N) is 1. The monoisotopic (exact) mass is 432 g/mol. The second kappa shape index (κ2) is 9.11. The molecule has 0 atom stereocenters. The first-order valence-electron chi connectivity index (χ1n) is 10.1. The first kappa shape index (κ1) is 21.4. The summed E-state index contributed by atoms with van der Waals surface area (Å²) in [6.07, 6.45) is 0. The summed E-state index contributed by atoms with van der Waals surface area (Å²) in [6.45, 7) is 0.623. The number of rotatable bonds is 7. The summed E-state index contributed by atoms with van der Waals surface area (Å²) in [4.78, 5) is 40.1. The molecule has 3 aromatic rings. The molecule has 0 saturated carbocycles. The Hall–Kier alpha value is -3.84. The lowest BCUT2D eigenvalue weighted by molar-refractivity contribution is -0.117. The van der Waals surface area contributed by atoms with Gasteiger partial charge in [0.2, 0.25) is 5.91 Å². The van der Waals surface area contributed by atoms with Crippen LogP contribution in [0.15, 0.2) is 66.7 Å². The quantitative estimate of drug-likeness (QED) is 0.483. The summed E-state index contributed by atoms with van der Waals surface area (Å²) >= 11 is 0. The number of hydrogen-bond acceptors (Lipinski definition) is 5. The average molecular weight is 432 g/mol. The van der Waals surface area contributed by atoms with E-state index in [0.717, 1.165) is 0 Å². The fourth-order valence-corrected chi connectivity index (χ4v) is 3.64. The van der Waals surface area contributed by atoms with E-state index in [4.69, 9.17) is 4.74 Å².